The molecule has 1 atom stereocenters. The first-order chi connectivity index (χ1) is 16.1. The third-order valence-corrected chi connectivity index (χ3v) is 5.60. The molecule has 0 aliphatic heterocycles. The van der Waals surface area contributed by atoms with Crippen LogP contribution in [0.3, 0.4) is 0 Å². The summed E-state index contributed by atoms with van der Waals surface area (Å²) in [5, 5.41) is 2.98. The first-order valence-electron chi connectivity index (χ1n) is 12.0. The van der Waals surface area contributed by atoms with Crippen LogP contribution in [0.25, 0.3) is 0 Å². The minimum absolute atomic E-state index is 0.122. The van der Waals surface area contributed by atoms with Crippen LogP contribution in [0, 0.1) is 5.92 Å². The Morgan fingerprint density at radius 2 is 1.76 bits per heavy atom. The maximum Gasteiger partial charge on any atom is 0.261 e. The molecule has 0 aliphatic carbocycles. The van der Waals surface area contributed by atoms with Gasteiger partial charge in [0.1, 0.15) is 17.5 Å². The lowest BCUT2D eigenvalue weighted by atomic mass is 9.86. The summed E-state index contributed by atoms with van der Waals surface area (Å²) in [5.74, 6) is 1.32. The minimum atomic E-state index is -0.598. The van der Waals surface area contributed by atoms with E-state index in [2.05, 4.69) is 26.1 Å². The summed E-state index contributed by atoms with van der Waals surface area (Å²) in [6, 6.07) is 14.7. The van der Waals surface area contributed by atoms with E-state index in [9.17, 15) is 9.59 Å². The van der Waals surface area contributed by atoms with E-state index >= 15 is 0 Å². The summed E-state index contributed by atoms with van der Waals surface area (Å²) in [5.41, 5.74) is 1.80. The third-order valence-electron chi connectivity index (χ3n) is 5.60. The van der Waals surface area contributed by atoms with Crippen LogP contribution in [-0.2, 0) is 21.5 Å². The summed E-state index contributed by atoms with van der Waals surface area (Å²) >= 11 is 0. The number of amides is 2. The first-order valence-corrected chi connectivity index (χ1v) is 12.0. The van der Waals surface area contributed by atoms with Crippen molar-refractivity contribution in [3.63, 3.8) is 0 Å². The molecule has 0 aliphatic rings. The number of nitrogens with one attached hydrogen (secondary N) is 1. The number of benzene rings is 2. The number of rotatable bonds is 11. The second-order valence-electron chi connectivity index (χ2n) is 9.97. The highest BCUT2D eigenvalue weighted by molar-refractivity contribution is 5.88. The molecule has 2 amide bonds. The normalized spacial score (nSPS) is 12.2. The van der Waals surface area contributed by atoms with E-state index < -0.39 is 6.04 Å². The number of hydrogen-bond acceptors (Lipinski definition) is 4. The van der Waals surface area contributed by atoms with Crippen LogP contribution >= 0.6 is 0 Å². The second-order valence-corrected chi connectivity index (χ2v) is 9.97. The Hall–Kier alpha value is -3.02. The maximum absolute atomic E-state index is 13.5. The fourth-order valence-electron chi connectivity index (χ4n) is 3.74. The summed E-state index contributed by atoms with van der Waals surface area (Å²) < 4.78 is 11.4. The number of ether oxygens (including phenoxy) is 2. The first kappa shape index (κ1) is 27.2. The Labute approximate surface area is 204 Å². The molecule has 2 rings (SSSR count). The number of nitrogens with zero attached hydrogens (tertiary/aromatic N) is 1. The van der Waals surface area contributed by atoms with Crippen molar-refractivity contribution in [1.82, 2.24) is 10.2 Å². The van der Waals surface area contributed by atoms with Gasteiger partial charge in [-0.15, -0.1) is 0 Å². The minimum Gasteiger partial charge on any atom is -0.497 e. The van der Waals surface area contributed by atoms with E-state index in [0.29, 0.717) is 30.4 Å². The Morgan fingerprint density at radius 3 is 2.38 bits per heavy atom. The van der Waals surface area contributed by atoms with Crippen molar-refractivity contribution in [1.29, 1.82) is 0 Å². The van der Waals surface area contributed by atoms with E-state index in [0.717, 1.165) is 11.1 Å². The monoisotopic (exact) mass is 468 g/mol. The molecular weight excluding hydrogens is 428 g/mol. The molecule has 0 fully saturated rings. The van der Waals surface area contributed by atoms with Crippen molar-refractivity contribution >= 4 is 11.8 Å². The van der Waals surface area contributed by atoms with Crippen LogP contribution in [0.5, 0.6) is 11.5 Å². The Balaban J connectivity index is 2.28. The third kappa shape index (κ3) is 7.79. The molecule has 0 radical (unpaired) electrons. The van der Waals surface area contributed by atoms with Gasteiger partial charge >= 0.3 is 0 Å². The van der Waals surface area contributed by atoms with Crippen LogP contribution in [0.4, 0.5) is 0 Å². The van der Waals surface area contributed by atoms with Crippen molar-refractivity contribution in [2.75, 3.05) is 20.3 Å². The van der Waals surface area contributed by atoms with Crippen molar-refractivity contribution in [3.05, 3.63) is 59.7 Å². The van der Waals surface area contributed by atoms with Gasteiger partial charge in [-0.25, -0.2) is 0 Å². The molecule has 2 aromatic rings. The highest BCUT2D eigenvalue weighted by Gasteiger charge is 2.29. The molecule has 1 N–H and O–H groups in total. The maximum atomic E-state index is 13.5. The standard InChI is InChI=1S/C28H40N2O4/c1-8-24(27(32)29-17-20(2)3)30(18-21-12-11-13-22(16-21)33-7)26(31)19-34-25-15-10-9-14-23(25)28(4,5)6/h9-16,20,24H,8,17-19H2,1-7H3,(H,29,32)/t24-/m1/s1. The summed E-state index contributed by atoms with van der Waals surface area (Å²) in [7, 11) is 1.61. The van der Waals surface area contributed by atoms with Crippen LogP contribution in [-0.4, -0.2) is 43.0 Å². The number of carbonyl (C=O) groups excluding carboxylic acids is 2. The van der Waals surface area contributed by atoms with Gasteiger partial charge in [0.05, 0.1) is 7.11 Å². The molecule has 186 valence electrons. The van der Waals surface area contributed by atoms with Gasteiger partial charge in [-0.1, -0.05) is 71.9 Å². The molecule has 0 heterocycles. The number of methoxy groups -OCH3 is 1. The zero-order chi connectivity index (χ0) is 25.3. The van der Waals surface area contributed by atoms with Crippen molar-refractivity contribution < 1.29 is 19.1 Å². The van der Waals surface area contributed by atoms with E-state index in [1.54, 1.807) is 12.0 Å². The van der Waals surface area contributed by atoms with E-state index in [1.165, 1.54) is 0 Å². The zero-order valence-electron chi connectivity index (χ0n) is 21.7. The molecule has 0 unspecified atom stereocenters. The molecular formula is C28H40N2O4. The molecule has 6 heteroatoms. The summed E-state index contributed by atoms with van der Waals surface area (Å²) in [4.78, 5) is 28.1. The highest BCUT2D eigenvalue weighted by Crippen LogP contribution is 2.31. The van der Waals surface area contributed by atoms with Crippen LogP contribution in [0.1, 0.15) is 59.1 Å². The molecule has 34 heavy (non-hydrogen) atoms. The molecule has 2 aromatic carbocycles. The molecule has 0 spiro atoms. The van der Waals surface area contributed by atoms with Gasteiger partial charge in [-0.05, 0) is 47.1 Å². The van der Waals surface area contributed by atoms with Gasteiger partial charge in [-0.3, -0.25) is 9.59 Å². The molecule has 0 saturated carbocycles. The van der Waals surface area contributed by atoms with E-state index in [-0.39, 0.29) is 30.4 Å². The van der Waals surface area contributed by atoms with Gasteiger partial charge in [0.2, 0.25) is 5.91 Å². The zero-order valence-corrected chi connectivity index (χ0v) is 21.7. The SMILES string of the molecule is CC[C@H](C(=O)NCC(C)C)N(Cc1cccc(OC)c1)C(=O)COc1ccccc1C(C)(C)C. The van der Waals surface area contributed by atoms with Crippen molar-refractivity contribution in [2.45, 2.75) is 66.0 Å². The average Bonchev–Trinajstić information content (AvgIpc) is 2.80. The van der Waals surface area contributed by atoms with Gasteiger partial charge in [-0.2, -0.15) is 0 Å². The number of para-hydroxylation sites is 1. The predicted molar refractivity (Wildman–Crippen MR) is 136 cm³/mol. The fraction of sp³-hybridized carbons (Fsp3) is 0.500. The van der Waals surface area contributed by atoms with Crippen LogP contribution in [0.15, 0.2) is 48.5 Å². The fourth-order valence-corrected chi connectivity index (χ4v) is 3.74. The number of hydrogen-bond donors (Lipinski definition) is 1. The van der Waals surface area contributed by atoms with Crippen molar-refractivity contribution in [3.8, 4) is 11.5 Å². The Morgan fingerprint density at radius 1 is 1.06 bits per heavy atom. The summed E-state index contributed by atoms with van der Waals surface area (Å²) in [6.07, 6.45) is 0.498. The second kappa shape index (κ2) is 12.4. The Bertz CT molecular complexity index is 949. The van der Waals surface area contributed by atoms with Crippen LogP contribution in [0.2, 0.25) is 0 Å². The molecule has 0 aromatic heterocycles. The number of carbonyl (C=O) groups is 2. The average molecular weight is 469 g/mol. The quantitative estimate of drug-likeness (QED) is 0.507. The Kier molecular flexibility index (Phi) is 9.97. The van der Waals surface area contributed by atoms with E-state index in [1.807, 2.05) is 69.3 Å². The smallest absolute Gasteiger partial charge is 0.261 e. The van der Waals surface area contributed by atoms with Crippen molar-refractivity contribution in [2.24, 2.45) is 5.92 Å². The topological polar surface area (TPSA) is 67.9 Å². The highest BCUT2D eigenvalue weighted by atomic mass is 16.5. The van der Waals surface area contributed by atoms with Crippen LogP contribution < -0.4 is 14.8 Å². The van der Waals surface area contributed by atoms with Gasteiger partial charge in [0.25, 0.3) is 5.91 Å². The van der Waals surface area contributed by atoms with E-state index in [4.69, 9.17) is 9.47 Å². The van der Waals surface area contributed by atoms with Gasteiger partial charge in [0.15, 0.2) is 6.61 Å². The lowest BCUT2D eigenvalue weighted by Gasteiger charge is -2.31. The summed E-state index contributed by atoms with van der Waals surface area (Å²) in [6.45, 7) is 13.0. The molecule has 0 bridgehead atoms. The predicted octanol–water partition coefficient (Wildman–Crippen LogP) is 4.95. The largest absolute Gasteiger partial charge is 0.497 e. The lowest BCUT2D eigenvalue weighted by Crippen LogP contribution is -2.50. The molecule has 0 saturated heterocycles. The lowest BCUT2D eigenvalue weighted by molar-refractivity contribution is -0.143. The molecule has 6 nitrogen and oxygen atoms in total. The van der Waals surface area contributed by atoms with Gasteiger partial charge in [0, 0.05) is 13.1 Å². The van der Waals surface area contributed by atoms with Gasteiger partial charge < -0.3 is 19.7 Å².